The van der Waals surface area contributed by atoms with Gasteiger partial charge in [0.1, 0.15) is 0 Å². The molecule has 1 atom stereocenters. The molecule has 0 saturated carbocycles. The van der Waals surface area contributed by atoms with Crippen LogP contribution < -0.4 is 5.32 Å². The van der Waals surface area contributed by atoms with E-state index in [2.05, 4.69) is 24.0 Å². The molecule has 6 nitrogen and oxygen atoms in total. The summed E-state index contributed by atoms with van der Waals surface area (Å²) in [6.45, 7) is 25.6. The normalized spacial score (nSPS) is 18.8. The molecule has 1 fully saturated rings. The SMILES string of the molecule is C=C/C=C(\C)CN(C=O)C(=O)N1C(C)C=CC2(CCNCC2)N1C.CC.CC.CC.CC. The van der Waals surface area contributed by atoms with Crippen molar-refractivity contribution in [3.8, 4) is 0 Å². The van der Waals surface area contributed by atoms with Crippen molar-refractivity contribution in [1.29, 1.82) is 0 Å². The molecule has 2 aliphatic rings. The van der Waals surface area contributed by atoms with Crippen LogP contribution >= 0.6 is 0 Å². The van der Waals surface area contributed by atoms with Crippen molar-refractivity contribution in [1.82, 2.24) is 20.2 Å². The zero-order valence-corrected chi connectivity index (χ0v) is 22.9. The molecule has 1 unspecified atom stereocenters. The van der Waals surface area contributed by atoms with E-state index in [1.807, 2.05) is 81.3 Å². The molecule has 0 aromatic carbocycles. The Morgan fingerprint density at radius 3 is 2.06 bits per heavy atom. The number of hydrogen-bond donors (Lipinski definition) is 1. The minimum Gasteiger partial charge on any atom is -0.317 e. The molecule has 32 heavy (non-hydrogen) atoms. The Morgan fingerprint density at radius 2 is 1.62 bits per heavy atom. The number of urea groups is 1. The van der Waals surface area contributed by atoms with Gasteiger partial charge in [-0.25, -0.2) is 14.8 Å². The summed E-state index contributed by atoms with van der Waals surface area (Å²) in [6.07, 6.45) is 10.2. The van der Waals surface area contributed by atoms with Crippen molar-refractivity contribution >= 4 is 12.4 Å². The number of nitrogens with one attached hydrogen (secondary N) is 1. The Kier molecular flexibility index (Phi) is 22.7. The van der Waals surface area contributed by atoms with Crippen LogP contribution in [0.25, 0.3) is 0 Å². The molecule has 2 aliphatic heterocycles. The first kappa shape index (κ1) is 34.7. The molecule has 0 aliphatic carbocycles. The fourth-order valence-corrected chi connectivity index (χ4v) is 3.45. The standard InChI is InChI=1S/C18H28N4O2.4C2H6/c1-5-6-15(2)13-21(14-23)17(24)22-16(3)7-8-18(20(22)4)9-11-19-12-10-18;4*1-2/h5-8,14,16,19H,1,9-13H2,2-4H3;4*1-2H3/b15-6+;;;;. The van der Waals surface area contributed by atoms with Gasteiger partial charge in [-0.3, -0.25) is 9.69 Å². The number of imide groups is 1. The second-order valence-corrected chi connectivity index (χ2v) is 6.59. The molecule has 0 aromatic heterocycles. The number of piperidine rings is 1. The second-order valence-electron chi connectivity index (χ2n) is 6.59. The molecule has 2 heterocycles. The Morgan fingerprint density at radius 1 is 1.12 bits per heavy atom. The van der Waals surface area contributed by atoms with Gasteiger partial charge in [-0.05, 0) is 39.8 Å². The van der Waals surface area contributed by atoms with Crippen LogP contribution in [0.1, 0.15) is 82.1 Å². The summed E-state index contributed by atoms with van der Waals surface area (Å²) in [7, 11) is 1.94. The van der Waals surface area contributed by atoms with E-state index in [0.717, 1.165) is 31.5 Å². The van der Waals surface area contributed by atoms with E-state index in [1.54, 1.807) is 17.2 Å². The van der Waals surface area contributed by atoms with Crippen molar-refractivity contribution in [2.75, 3.05) is 26.7 Å². The first-order valence-electron chi connectivity index (χ1n) is 12.4. The van der Waals surface area contributed by atoms with E-state index in [4.69, 9.17) is 0 Å². The van der Waals surface area contributed by atoms with Crippen molar-refractivity contribution < 1.29 is 9.59 Å². The van der Waals surface area contributed by atoms with Crippen LogP contribution in [0.15, 0.2) is 36.5 Å². The van der Waals surface area contributed by atoms with Crippen molar-refractivity contribution in [3.05, 3.63) is 36.5 Å². The summed E-state index contributed by atoms with van der Waals surface area (Å²) in [6, 6.07) is -0.381. The molecular formula is C26H52N4O2. The van der Waals surface area contributed by atoms with Gasteiger partial charge in [0.25, 0.3) is 0 Å². The highest BCUT2D eigenvalue weighted by Gasteiger charge is 2.43. The van der Waals surface area contributed by atoms with Crippen LogP contribution in [0, 0.1) is 0 Å². The lowest BCUT2D eigenvalue weighted by atomic mass is 9.85. The smallest absolute Gasteiger partial charge is 0.317 e. The topological polar surface area (TPSA) is 55.9 Å². The molecule has 0 bridgehead atoms. The van der Waals surface area contributed by atoms with Gasteiger partial charge in [-0.1, -0.05) is 91.8 Å². The third-order valence-electron chi connectivity index (χ3n) is 4.90. The van der Waals surface area contributed by atoms with E-state index < -0.39 is 0 Å². The van der Waals surface area contributed by atoms with Crippen molar-refractivity contribution in [2.45, 2.75) is 93.7 Å². The van der Waals surface area contributed by atoms with Crippen molar-refractivity contribution in [2.24, 2.45) is 0 Å². The molecule has 188 valence electrons. The highest BCUT2D eigenvalue weighted by molar-refractivity contribution is 5.85. The monoisotopic (exact) mass is 452 g/mol. The lowest BCUT2D eigenvalue weighted by molar-refractivity contribution is -0.119. The summed E-state index contributed by atoms with van der Waals surface area (Å²) < 4.78 is 0. The highest BCUT2D eigenvalue weighted by atomic mass is 16.2. The quantitative estimate of drug-likeness (QED) is 0.321. The minimum absolute atomic E-state index is 0.0887. The maximum Gasteiger partial charge on any atom is 0.341 e. The van der Waals surface area contributed by atoms with Crippen LogP contribution in [-0.2, 0) is 4.79 Å². The number of rotatable bonds is 4. The third kappa shape index (κ3) is 10.1. The number of amides is 3. The lowest BCUT2D eigenvalue weighted by Crippen LogP contribution is -2.65. The van der Waals surface area contributed by atoms with E-state index in [-0.39, 0.29) is 24.2 Å². The summed E-state index contributed by atoms with van der Waals surface area (Å²) in [5.74, 6) is 0. The second kappa shape index (κ2) is 21.0. The Balaban J connectivity index is -0.000000945. The van der Waals surface area contributed by atoms with Crippen LogP contribution in [0.3, 0.4) is 0 Å². The summed E-state index contributed by atoms with van der Waals surface area (Å²) in [5, 5.41) is 7.07. The number of carbonyl (C=O) groups is 2. The van der Waals surface area contributed by atoms with Gasteiger partial charge in [0.2, 0.25) is 6.41 Å². The van der Waals surface area contributed by atoms with Gasteiger partial charge in [0, 0.05) is 7.05 Å². The van der Waals surface area contributed by atoms with Crippen LogP contribution in [0.2, 0.25) is 0 Å². The predicted octanol–water partition coefficient (Wildman–Crippen LogP) is 6.03. The maximum absolute atomic E-state index is 13.0. The molecule has 2 rings (SSSR count). The van der Waals surface area contributed by atoms with E-state index in [0.29, 0.717) is 6.41 Å². The fourth-order valence-electron chi connectivity index (χ4n) is 3.45. The van der Waals surface area contributed by atoms with Gasteiger partial charge >= 0.3 is 6.03 Å². The maximum atomic E-state index is 13.0. The Labute approximate surface area is 199 Å². The minimum atomic E-state index is -0.293. The molecule has 1 saturated heterocycles. The van der Waals surface area contributed by atoms with Gasteiger partial charge in [-0.15, -0.1) is 0 Å². The predicted molar refractivity (Wildman–Crippen MR) is 141 cm³/mol. The molecular weight excluding hydrogens is 400 g/mol. The lowest BCUT2D eigenvalue weighted by Gasteiger charge is -2.52. The first-order chi connectivity index (χ1) is 15.4. The molecule has 1 spiro atoms. The summed E-state index contributed by atoms with van der Waals surface area (Å²) in [4.78, 5) is 25.7. The van der Waals surface area contributed by atoms with Crippen molar-refractivity contribution in [3.63, 3.8) is 0 Å². The largest absolute Gasteiger partial charge is 0.341 e. The average molecular weight is 453 g/mol. The number of hydrogen-bond acceptors (Lipinski definition) is 4. The first-order valence-corrected chi connectivity index (χ1v) is 12.4. The van der Waals surface area contributed by atoms with Crippen LogP contribution in [0.4, 0.5) is 4.79 Å². The molecule has 1 N–H and O–H groups in total. The molecule has 0 aromatic rings. The molecule has 0 radical (unpaired) electrons. The van der Waals surface area contributed by atoms with Gasteiger partial charge in [0.05, 0.1) is 18.1 Å². The fraction of sp³-hybridized carbons (Fsp3) is 0.692. The number of nitrogens with zero attached hydrogens (tertiary/aromatic N) is 3. The Bertz CT molecular complexity index is 552. The highest BCUT2D eigenvalue weighted by Crippen LogP contribution is 2.33. The van der Waals surface area contributed by atoms with Crippen LogP contribution in [-0.4, -0.2) is 65.6 Å². The van der Waals surface area contributed by atoms with Gasteiger partial charge in [-0.2, -0.15) is 0 Å². The third-order valence-corrected chi connectivity index (χ3v) is 4.90. The summed E-state index contributed by atoms with van der Waals surface area (Å²) in [5.41, 5.74) is 0.749. The number of hydrazine groups is 1. The van der Waals surface area contributed by atoms with E-state index >= 15 is 0 Å². The van der Waals surface area contributed by atoms with E-state index in [1.165, 1.54) is 4.90 Å². The van der Waals surface area contributed by atoms with Gasteiger partial charge < -0.3 is 5.32 Å². The number of likely N-dealkylation sites (N-methyl/N-ethyl adjacent to an activating group) is 1. The average Bonchev–Trinajstić information content (AvgIpc) is 2.86. The van der Waals surface area contributed by atoms with Gasteiger partial charge in [0.15, 0.2) is 0 Å². The zero-order chi connectivity index (χ0) is 25.7. The number of carbonyl (C=O) groups excluding carboxylic acids is 2. The number of allylic oxidation sites excluding steroid dienone is 2. The zero-order valence-electron chi connectivity index (χ0n) is 22.9. The van der Waals surface area contributed by atoms with E-state index in [9.17, 15) is 9.59 Å². The molecule has 3 amide bonds. The Hall–Kier alpha value is -1.92. The summed E-state index contributed by atoms with van der Waals surface area (Å²) >= 11 is 0. The van der Waals surface area contributed by atoms with Crippen LogP contribution in [0.5, 0.6) is 0 Å². The molecule has 6 heteroatoms.